The lowest BCUT2D eigenvalue weighted by atomic mass is 10.3. The minimum absolute atomic E-state index is 0.00559. The van der Waals surface area contributed by atoms with Crippen molar-refractivity contribution in [2.75, 3.05) is 6.61 Å². The van der Waals surface area contributed by atoms with Crippen LogP contribution in [0, 0.1) is 11.6 Å². The fourth-order valence-electron chi connectivity index (χ4n) is 1.85. The average Bonchev–Trinajstić information content (AvgIpc) is 2.70. The van der Waals surface area contributed by atoms with Crippen molar-refractivity contribution in [3.63, 3.8) is 0 Å². The summed E-state index contributed by atoms with van der Waals surface area (Å²) in [5.74, 6) is 2.49. The van der Waals surface area contributed by atoms with Gasteiger partial charge in [-0.2, -0.15) is 27.6 Å². The van der Waals surface area contributed by atoms with Gasteiger partial charge in [-0.1, -0.05) is 0 Å². The van der Waals surface area contributed by atoms with Gasteiger partial charge >= 0.3 is 19.2 Å². The zero-order valence-corrected chi connectivity index (χ0v) is 14.8. The molecule has 30 heavy (non-hydrogen) atoms. The molecule has 14 heteroatoms. The molecule has 0 atom stereocenters. The Kier molecular flexibility index (Phi) is 8.34. The van der Waals surface area contributed by atoms with Crippen molar-refractivity contribution in [2.24, 2.45) is 15.9 Å². The molecular weight excluding hydrogens is 424 g/mol. The van der Waals surface area contributed by atoms with Crippen LogP contribution >= 0.6 is 0 Å². The number of hydrazone groups is 1. The summed E-state index contributed by atoms with van der Waals surface area (Å²) in [6.45, 7) is -7.52. The summed E-state index contributed by atoms with van der Waals surface area (Å²) in [5.41, 5.74) is -0.426. The third kappa shape index (κ3) is 7.20. The van der Waals surface area contributed by atoms with Crippen molar-refractivity contribution >= 4 is 17.6 Å². The zero-order chi connectivity index (χ0) is 22.1. The third-order valence-electron chi connectivity index (χ3n) is 3.15. The molecule has 162 valence electrons. The van der Waals surface area contributed by atoms with Crippen LogP contribution in [0.5, 0.6) is 11.8 Å². The van der Waals surface area contributed by atoms with Gasteiger partial charge in [-0.3, -0.25) is 4.99 Å². The highest BCUT2D eigenvalue weighted by molar-refractivity contribution is 6.31. The van der Waals surface area contributed by atoms with E-state index >= 15 is 0 Å². The van der Waals surface area contributed by atoms with Gasteiger partial charge in [-0.15, -0.1) is 0 Å². The van der Waals surface area contributed by atoms with Gasteiger partial charge in [0.1, 0.15) is 18.0 Å². The Morgan fingerprint density at radius 1 is 1.13 bits per heavy atom. The quantitative estimate of drug-likeness (QED) is 0.265. The minimum Gasteiger partial charge on any atom is -0.457 e. The fourth-order valence-corrected chi connectivity index (χ4v) is 1.85. The number of hydrogen-bond donors (Lipinski definition) is 1. The maximum absolute atomic E-state index is 13.5. The second-order valence-corrected chi connectivity index (χ2v) is 5.18. The predicted octanol–water partition coefficient (Wildman–Crippen LogP) is 3.19. The van der Waals surface area contributed by atoms with E-state index < -0.39 is 42.9 Å². The highest BCUT2D eigenvalue weighted by atomic mass is 19.3. The van der Waals surface area contributed by atoms with Crippen LogP contribution in [0.4, 0.5) is 32.0 Å². The number of benzene rings is 1. The number of nitrogens with zero attached hydrogens (tertiary/aromatic N) is 4. The highest BCUT2D eigenvalue weighted by Crippen LogP contribution is 2.25. The molecule has 1 heterocycles. The lowest BCUT2D eigenvalue weighted by Gasteiger charge is -2.07. The summed E-state index contributed by atoms with van der Waals surface area (Å²) in [6, 6.07) is 2.59. The molecule has 0 fully saturated rings. The van der Waals surface area contributed by atoms with E-state index in [1.165, 1.54) is 6.07 Å². The van der Waals surface area contributed by atoms with Crippen LogP contribution in [0.25, 0.3) is 0 Å². The Morgan fingerprint density at radius 2 is 1.90 bits per heavy atom. The number of aliphatic imine (C=N–C) groups is 1. The Morgan fingerprint density at radius 3 is 2.57 bits per heavy atom. The van der Waals surface area contributed by atoms with Crippen LogP contribution in [-0.4, -0.2) is 41.7 Å². The van der Waals surface area contributed by atoms with E-state index in [0.29, 0.717) is 6.20 Å². The standard InChI is InChI=1S/C16H13F6N5O3/c17-10-2-1-8(3-13(10)30-15(21)22)24-4-9(27-23)6-29-16-25-5-11(18)12(26-16)7-28-14(19)20/h1-5,14-15H,6-7,23H2. The molecule has 0 unspecified atom stereocenters. The van der Waals surface area contributed by atoms with Crippen LogP contribution in [-0.2, 0) is 11.3 Å². The molecule has 0 amide bonds. The molecule has 0 saturated carbocycles. The molecule has 0 aliphatic heterocycles. The van der Waals surface area contributed by atoms with Crippen molar-refractivity contribution in [1.29, 1.82) is 0 Å². The van der Waals surface area contributed by atoms with Crippen LogP contribution in [0.15, 0.2) is 34.5 Å². The van der Waals surface area contributed by atoms with Gasteiger partial charge in [-0.25, -0.2) is 13.8 Å². The molecule has 2 rings (SSSR count). The topological polar surface area (TPSA) is 104 Å². The average molecular weight is 437 g/mol. The smallest absolute Gasteiger partial charge is 0.387 e. The van der Waals surface area contributed by atoms with Gasteiger partial charge in [0.2, 0.25) is 0 Å². The Labute approximate surface area is 165 Å². The number of hydrogen-bond acceptors (Lipinski definition) is 8. The van der Waals surface area contributed by atoms with Crippen molar-refractivity contribution in [3.8, 4) is 11.8 Å². The molecule has 0 bridgehead atoms. The largest absolute Gasteiger partial charge is 0.457 e. The van der Waals surface area contributed by atoms with Gasteiger partial charge in [0.15, 0.2) is 17.4 Å². The molecule has 0 spiro atoms. The number of rotatable bonds is 10. The maximum atomic E-state index is 13.5. The second-order valence-electron chi connectivity index (χ2n) is 5.18. The van der Waals surface area contributed by atoms with E-state index in [1.807, 2.05) is 0 Å². The molecule has 0 aliphatic rings. The summed E-state index contributed by atoms with van der Waals surface area (Å²) < 4.78 is 88.6. The molecule has 8 nitrogen and oxygen atoms in total. The lowest BCUT2D eigenvalue weighted by molar-refractivity contribution is -0.138. The first-order valence-electron chi connectivity index (χ1n) is 7.87. The van der Waals surface area contributed by atoms with Crippen molar-refractivity contribution in [1.82, 2.24) is 9.97 Å². The van der Waals surface area contributed by atoms with Crippen LogP contribution < -0.4 is 15.3 Å². The van der Waals surface area contributed by atoms with E-state index in [0.717, 1.165) is 18.3 Å². The summed E-state index contributed by atoms with van der Waals surface area (Å²) in [4.78, 5) is 11.0. The third-order valence-corrected chi connectivity index (χ3v) is 3.15. The number of alkyl halides is 4. The van der Waals surface area contributed by atoms with E-state index in [1.54, 1.807) is 0 Å². The van der Waals surface area contributed by atoms with Crippen molar-refractivity contribution in [2.45, 2.75) is 19.8 Å². The van der Waals surface area contributed by atoms with Gasteiger partial charge in [0.25, 0.3) is 0 Å². The Balaban J connectivity index is 2.02. The van der Waals surface area contributed by atoms with Gasteiger partial charge in [-0.05, 0) is 12.1 Å². The molecule has 1 aromatic heterocycles. The van der Waals surface area contributed by atoms with Crippen molar-refractivity contribution < 1.29 is 40.6 Å². The van der Waals surface area contributed by atoms with E-state index in [-0.39, 0.29) is 24.0 Å². The molecule has 2 N–H and O–H groups in total. The van der Waals surface area contributed by atoms with Gasteiger partial charge < -0.3 is 20.1 Å². The van der Waals surface area contributed by atoms with E-state index in [2.05, 4.69) is 29.5 Å². The normalized spacial score (nSPS) is 12.2. The first-order valence-corrected chi connectivity index (χ1v) is 7.87. The summed E-state index contributed by atoms with van der Waals surface area (Å²) in [7, 11) is 0. The molecule has 1 aromatic carbocycles. The fraction of sp³-hybridized carbons (Fsp3) is 0.250. The van der Waals surface area contributed by atoms with E-state index in [9.17, 15) is 26.3 Å². The number of nitrogens with two attached hydrogens (primary N) is 1. The highest BCUT2D eigenvalue weighted by Gasteiger charge is 2.12. The van der Waals surface area contributed by atoms with Crippen LogP contribution in [0.1, 0.15) is 5.69 Å². The van der Waals surface area contributed by atoms with E-state index in [4.69, 9.17) is 10.6 Å². The van der Waals surface area contributed by atoms with Gasteiger partial charge in [0, 0.05) is 6.07 Å². The molecule has 0 saturated heterocycles. The Hall–Kier alpha value is -3.42. The lowest BCUT2D eigenvalue weighted by Crippen LogP contribution is -2.16. The summed E-state index contributed by atoms with van der Waals surface area (Å²) in [5, 5.41) is 3.37. The SMILES string of the molecule is NN=C(C=Nc1ccc(F)c(OC(F)F)c1)COc1ncc(F)c(COC(F)F)n1. The number of aromatic nitrogens is 2. The molecular formula is C16H13F6N5O3. The van der Waals surface area contributed by atoms with Gasteiger partial charge in [0.05, 0.1) is 24.7 Å². The number of halogens is 6. The molecule has 0 radical (unpaired) electrons. The monoisotopic (exact) mass is 437 g/mol. The molecule has 2 aromatic rings. The predicted molar refractivity (Wildman–Crippen MR) is 91.1 cm³/mol. The first kappa shape index (κ1) is 22.9. The van der Waals surface area contributed by atoms with Crippen LogP contribution in [0.3, 0.4) is 0 Å². The minimum atomic E-state index is -3.22. The maximum Gasteiger partial charge on any atom is 0.387 e. The molecule has 0 aliphatic carbocycles. The van der Waals surface area contributed by atoms with Crippen LogP contribution in [0.2, 0.25) is 0 Å². The number of ether oxygens (including phenoxy) is 3. The second kappa shape index (κ2) is 10.9. The van der Waals surface area contributed by atoms with Crippen molar-refractivity contribution in [3.05, 3.63) is 41.7 Å². The summed E-state index contributed by atoms with van der Waals surface area (Å²) in [6.07, 6.45) is 1.77. The summed E-state index contributed by atoms with van der Waals surface area (Å²) >= 11 is 0. The zero-order valence-electron chi connectivity index (χ0n) is 14.8. The Bertz CT molecular complexity index is 913. The first-order chi connectivity index (χ1) is 14.3.